The summed E-state index contributed by atoms with van der Waals surface area (Å²) in [6.45, 7) is 2.02. The van der Waals surface area contributed by atoms with E-state index >= 15 is 0 Å². The third-order valence-electron chi connectivity index (χ3n) is 4.96. The van der Waals surface area contributed by atoms with Gasteiger partial charge >= 0.3 is 6.03 Å². The Morgan fingerprint density at radius 3 is 2.86 bits per heavy atom. The minimum atomic E-state index is 0.0140. The number of hydrogen-bond acceptors (Lipinski definition) is 3. The zero-order valence-electron chi connectivity index (χ0n) is 15.6. The minimum absolute atomic E-state index is 0.0140. The number of H-pyrrole nitrogens is 1. The lowest BCUT2D eigenvalue weighted by molar-refractivity contribution is 0.221. The van der Waals surface area contributed by atoms with E-state index in [1.54, 1.807) is 18.2 Å². The number of methoxy groups -OCH3 is 1. The SMILES string of the molecule is COc1cc(N2CCN(CCc3cccc(Cl)c3)C2=O)ccc1-c1cn[nH]c1. The normalized spacial score (nSPS) is 14.0. The zero-order chi connectivity index (χ0) is 19.5. The summed E-state index contributed by atoms with van der Waals surface area (Å²) in [4.78, 5) is 16.5. The van der Waals surface area contributed by atoms with Gasteiger partial charge in [-0.15, -0.1) is 0 Å². The highest BCUT2D eigenvalue weighted by molar-refractivity contribution is 6.30. The molecule has 3 aromatic rings. The van der Waals surface area contributed by atoms with E-state index in [0.717, 1.165) is 33.8 Å². The largest absolute Gasteiger partial charge is 0.496 e. The second-order valence-corrected chi connectivity index (χ2v) is 7.11. The van der Waals surface area contributed by atoms with E-state index in [1.165, 1.54) is 0 Å². The number of urea groups is 1. The van der Waals surface area contributed by atoms with Crippen molar-refractivity contribution in [1.29, 1.82) is 0 Å². The highest BCUT2D eigenvalue weighted by Crippen LogP contribution is 2.34. The van der Waals surface area contributed by atoms with Crippen LogP contribution in [0.3, 0.4) is 0 Å². The van der Waals surface area contributed by atoms with Crippen LogP contribution in [0, 0.1) is 0 Å². The van der Waals surface area contributed by atoms with Crippen LogP contribution in [-0.2, 0) is 6.42 Å². The number of amides is 2. The van der Waals surface area contributed by atoms with E-state index in [2.05, 4.69) is 10.2 Å². The number of halogens is 1. The third-order valence-corrected chi connectivity index (χ3v) is 5.20. The maximum Gasteiger partial charge on any atom is 0.324 e. The number of carbonyl (C=O) groups excluding carboxylic acids is 1. The Bertz CT molecular complexity index is 974. The fraction of sp³-hybridized carbons (Fsp3) is 0.238. The monoisotopic (exact) mass is 396 g/mol. The minimum Gasteiger partial charge on any atom is -0.496 e. The molecule has 2 amide bonds. The quantitative estimate of drug-likeness (QED) is 0.678. The number of ether oxygens (including phenoxy) is 1. The number of hydrogen-bond donors (Lipinski definition) is 1. The Morgan fingerprint density at radius 1 is 1.21 bits per heavy atom. The number of benzene rings is 2. The summed E-state index contributed by atoms with van der Waals surface area (Å²) >= 11 is 6.04. The van der Waals surface area contributed by atoms with Crippen LogP contribution in [0.25, 0.3) is 11.1 Å². The molecule has 28 heavy (non-hydrogen) atoms. The smallest absolute Gasteiger partial charge is 0.324 e. The van der Waals surface area contributed by atoms with Crippen molar-refractivity contribution in [3.63, 3.8) is 0 Å². The molecule has 7 heteroatoms. The molecule has 0 atom stereocenters. The van der Waals surface area contributed by atoms with E-state index < -0.39 is 0 Å². The van der Waals surface area contributed by atoms with Crippen molar-refractivity contribution in [3.8, 4) is 16.9 Å². The Balaban J connectivity index is 1.47. The molecule has 2 aromatic carbocycles. The molecule has 1 N–H and O–H groups in total. The van der Waals surface area contributed by atoms with Gasteiger partial charge in [-0.05, 0) is 36.2 Å². The van der Waals surface area contributed by atoms with E-state index in [-0.39, 0.29) is 6.03 Å². The summed E-state index contributed by atoms with van der Waals surface area (Å²) in [5, 5.41) is 7.51. The van der Waals surface area contributed by atoms with Gasteiger partial charge in [-0.3, -0.25) is 10.00 Å². The van der Waals surface area contributed by atoms with Crippen LogP contribution in [0.2, 0.25) is 5.02 Å². The van der Waals surface area contributed by atoms with E-state index in [0.29, 0.717) is 25.4 Å². The van der Waals surface area contributed by atoms with Crippen LogP contribution in [0.1, 0.15) is 5.56 Å². The van der Waals surface area contributed by atoms with Crippen molar-refractivity contribution in [2.24, 2.45) is 0 Å². The van der Waals surface area contributed by atoms with Gasteiger partial charge in [0.05, 0.1) is 13.3 Å². The average Bonchev–Trinajstić information content (AvgIpc) is 3.36. The number of anilines is 1. The molecular formula is C21H21ClN4O2. The van der Waals surface area contributed by atoms with Gasteiger partial charge in [-0.25, -0.2) is 4.79 Å². The molecule has 0 unspecified atom stereocenters. The average molecular weight is 397 g/mol. The number of rotatable bonds is 6. The summed E-state index contributed by atoms with van der Waals surface area (Å²) in [6, 6.07) is 13.6. The van der Waals surface area contributed by atoms with Crippen LogP contribution in [0.5, 0.6) is 5.75 Å². The van der Waals surface area contributed by atoms with E-state index in [9.17, 15) is 4.79 Å². The molecule has 1 saturated heterocycles. The topological polar surface area (TPSA) is 61.5 Å². The van der Waals surface area contributed by atoms with E-state index in [1.807, 2.05) is 53.6 Å². The van der Waals surface area contributed by atoms with Crippen LogP contribution >= 0.6 is 11.6 Å². The van der Waals surface area contributed by atoms with Crippen LogP contribution in [-0.4, -0.2) is 47.9 Å². The van der Waals surface area contributed by atoms with Gasteiger partial charge in [0.15, 0.2) is 0 Å². The van der Waals surface area contributed by atoms with Gasteiger partial charge in [-0.1, -0.05) is 23.7 Å². The molecule has 1 aliphatic heterocycles. The molecule has 0 aliphatic carbocycles. The van der Waals surface area contributed by atoms with Crippen molar-refractivity contribution < 1.29 is 9.53 Å². The molecule has 0 spiro atoms. The predicted octanol–water partition coefficient (Wildman–Crippen LogP) is 4.22. The van der Waals surface area contributed by atoms with Gasteiger partial charge in [0, 0.05) is 53.7 Å². The molecule has 2 heterocycles. The predicted molar refractivity (Wildman–Crippen MR) is 110 cm³/mol. The van der Waals surface area contributed by atoms with Crippen molar-refractivity contribution in [2.45, 2.75) is 6.42 Å². The Labute approximate surface area is 168 Å². The number of nitrogens with one attached hydrogen (secondary N) is 1. The molecule has 4 rings (SSSR count). The fourth-order valence-corrected chi connectivity index (χ4v) is 3.68. The summed E-state index contributed by atoms with van der Waals surface area (Å²) in [5.41, 5.74) is 3.84. The maximum absolute atomic E-state index is 12.9. The second kappa shape index (κ2) is 7.94. The van der Waals surface area contributed by atoms with Crippen LogP contribution < -0.4 is 9.64 Å². The number of aromatic nitrogens is 2. The zero-order valence-corrected chi connectivity index (χ0v) is 16.3. The number of nitrogens with zero attached hydrogens (tertiary/aromatic N) is 3. The van der Waals surface area contributed by atoms with E-state index in [4.69, 9.17) is 16.3 Å². The van der Waals surface area contributed by atoms with Gasteiger partial charge in [0.1, 0.15) is 5.75 Å². The van der Waals surface area contributed by atoms with Crippen molar-refractivity contribution in [2.75, 3.05) is 31.6 Å². The lowest BCUT2D eigenvalue weighted by Gasteiger charge is -2.20. The summed E-state index contributed by atoms with van der Waals surface area (Å²) in [6.07, 6.45) is 4.34. The molecule has 1 aliphatic rings. The standard InChI is InChI=1S/C21H21ClN4O2/c1-28-20-12-18(5-6-19(20)16-13-23-24-14-16)26-10-9-25(21(26)27)8-7-15-3-2-4-17(22)11-15/h2-6,11-14H,7-10H2,1H3,(H,23,24). The van der Waals surface area contributed by atoms with Gasteiger partial charge in [0.25, 0.3) is 0 Å². The maximum atomic E-state index is 12.9. The van der Waals surface area contributed by atoms with Gasteiger partial charge < -0.3 is 9.64 Å². The summed E-state index contributed by atoms with van der Waals surface area (Å²) in [5.74, 6) is 0.712. The molecular weight excluding hydrogens is 376 g/mol. The molecule has 6 nitrogen and oxygen atoms in total. The van der Waals surface area contributed by atoms with Crippen LogP contribution in [0.4, 0.5) is 10.5 Å². The Morgan fingerprint density at radius 2 is 2.11 bits per heavy atom. The number of aromatic amines is 1. The summed E-state index contributed by atoms with van der Waals surface area (Å²) < 4.78 is 5.54. The fourth-order valence-electron chi connectivity index (χ4n) is 3.47. The van der Waals surface area contributed by atoms with Gasteiger partial charge in [0.2, 0.25) is 0 Å². The highest BCUT2D eigenvalue weighted by atomic mass is 35.5. The first-order chi connectivity index (χ1) is 13.7. The second-order valence-electron chi connectivity index (χ2n) is 6.67. The molecule has 1 fully saturated rings. The first kappa shape index (κ1) is 18.4. The molecule has 0 radical (unpaired) electrons. The lowest BCUT2D eigenvalue weighted by Crippen LogP contribution is -2.33. The first-order valence-corrected chi connectivity index (χ1v) is 9.51. The molecule has 1 aromatic heterocycles. The van der Waals surface area contributed by atoms with Crippen LogP contribution in [0.15, 0.2) is 54.9 Å². The Kier molecular flexibility index (Phi) is 5.21. The third kappa shape index (κ3) is 3.68. The molecule has 144 valence electrons. The molecule has 0 saturated carbocycles. The van der Waals surface area contributed by atoms with Crippen molar-refractivity contribution in [1.82, 2.24) is 15.1 Å². The highest BCUT2D eigenvalue weighted by Gasteiger charge is 2.29. The van der Waals surface area contributed by atoms with Crippen molar-refractivity contribution in [3.05, 3.63) is 65.4 Å². The first-order valence-electron chi connectivity index (χ1n) is 9.14. The lowest BCUT2D eigenvalue weighted by atomic mass is 10.1. The van der Waals surface area contributed by atoms with Crippen molar-refractivity contribution >= 4 is 23.3 Å². The number of carbonyl (C=O) groups is 1. The summed E-state index contributed by atoms with van der Waals surface area (Å²) in [7, 11) is 1.63. The molecule has 0 bridgehead atoms. The van der Waals surface area contributed by atoms with Gasteiger partial charge in [-0.2, -0.15) is 5.10 Å². The Hall–Kier alpha value is -2.99.